The molecule has 152 valence electrons. The summed E-state index contributed by atoms with van der Waals surface area (Å²) in [6.45, 7) is 3.19. The van der Waals surface area contributed by atoms with Crippen molar-refractivity contribution in [1.82, 2.24) is 0 Å². The molecule has 1 aliphatic carbocycles. The molecule has 8 N–H and O–H groups in total. The van der Waals surface area contributed by atoms with Crippen molar-refractivity contribution < 1.29 is 51.1 Å². The molecule has 2 fully saturated rings. The van der Waals surface area contributed by atoms with Gasteiger partial charge >= 0.3 is 5.97 Å². The summed E-state index contributed by atoms with van der Waals surface area (Å²) in [6.07, 6.45) is 6.20. The number of esters is 1. The van der Waals surface area contributed by atoms with Gasteiger partial charge in [-0.15, -0.1) is 0 Å². The molecule has 0 amide bonds. The molecule has 1 heterocycles. The van der Waals surface area contributed by atoms with E-state index in [0.717, 1.165) is 19.3 Å². The van der Waals surface area contributed by atoms with Gasteiger partial charge in [0.1, 0.15) is 6.10 Å². The largest absolute Gasteiger partial charge is 0.461 e. The van der Waals surface area contributed by atoms with Gasteiger partial charge in [-0.25, -0.2) is 0 Å². The molecule has 25 heavy (non-hydrogen) atoms. The molecule has 0 aromatic heterocycles. The maximum atomic E-state index is 11.4. The number of Topliss-reactive ketones (excluding diaryl/α,β-unsaturated/α-hetero) is 2. The van der Waals surface area contributed by atoms with E-state index in [1.165, 1.54) is 19.8 Å². The first-order chi connectivity index (χ1) is 10.4. The fourth-order valence-corrected chi connectivity index (χ4v) is 2.81. The van der Waals surface area contributed by atoms with Gasteiger partial charge in [-0.2, -0.15) is 0 Å². The topological polar surface area (TPSA) is 175 Å². The van der Waals surface area contributed by atoms with Crippen LogP contribution in [0.2, 0.25) is 0 Å². The molecular formula is C16H32N2O6Pt. The van der Waals surface area contributed by atoms with E-state index in [1.807, 2.05) is 6.92 Å². The van der Waals surface area contributed by atoms with E-state index in [9.17, 15) is 14.4 Å². The van der Waals surface area contributed by atoms with Gasteiger partial charge in [0.25, 0.3) is 0 Å². The fraction of sp³-hybridized carbons (Fsp3) is 0.812. The smallest absolute Gasteiger partial charge is 0.324 e. The Balaban J connectivity index is -0.000000384. The van der Waals surface area contributed by atoms with Gasteiger partial charge in [0.05, 0.1) is 0 Å². The number of nitrogens with two attached hydrogens (primary N) is 2. The molecule has 1 aliphatic heterocycles. The number of rotatable bonds is 3. The van der Waals surface area contributed by atoms with Crippen molar-refractivity contribution in [2.75, 3.05) is 0 Å². The first-order valence-electron chi connectivity index (χ1n) is 8.11. The molecule has 4 atom stereocenters. The number of carbonyl (C=O) groups excluding carboxylic acids is 3. The summed E-state index contributed by atoms with van der Waals surface area (Å²) >= 11 is 0. The second-order valence-corrected chi connectivity index (χ2v) is 6.17. The van der Waals surface area contributed by atoms with Crippen molar-refractivity contribution in [1.29, 1.82) is 0 Å². The molecule has 1 saturated heterocycles. The zero-order chi connectivity index (χ0) is 16.7. The normalized spacial score (nSPS) is 28.0. The van der Waals surface area contributed by atoms with E-state index in [0.29, 0.717) is 6.42 Å². The van der Waals surface area contributed by atoms with Gasteiger partial charge in [0, 0.05) is 39.6 Å². The average molecular weight is 544 g/mol. The SMILES string of the molecule is CCCC1CC(=O)C(C(C)=O)C(=O)O1.N[C@@H]1CCCC[C@H]1N.O.O.[Pt]. The minimum atomic E-state index is -1.16. The Morgan fingerprint density at radius 3 is 1.92 bits per heavy atom. The van der Waals surface area contributed by atoms with E-state index >= 15 is 0 Å². The minimum Gasteiger partial charge on any atom is -0.461 e. The van der Waals surface area contributed by atoms with E-state index in [2.05, 4.69) is 0 Å². The molecule has 0 bridgehead atoms. The van der Waals surface area contributed by atoms with E-state index < -0.39 is 17.7 Å². The third-order valence-corrected chi connectivity index (χ3v) is 4.16. The molecule has 0 aromatic rings. The van der Waals surface area contributed by atoms with Crippen LogP contribution in [-0.4, -0.2) is 46.7 Å². The third-order valence-electron chi connectivity index (χ3n) is 4.16. The quantitative estimate of drug-likeness (QED) is 0.356. The second-order valence-electron chi connectivity index (χ2n) is 6.17. The van der Waals surface area contributed by atoms with E-state index in [4.69, 9.17) is 16.2 Å². The van der Waals surface area contributed by atoms with Crippen LogP contribution in [0.5, 0.6) is 0 Å². The summed E-state index contributed by atoms with van der Waals surface area (Å²) in [7, 11) is 0. The van der Waals surface area contributed by atoms with Crippen LogP contribution >= 0.6 is 0 Å². The summed E-state index contributed by atoms with van der Waals surface area (Å²) in [4.78, 5) is 33.6. The Hall–Kier alpha value is -0.662. The Kier molecular flexibility index (Phi) is 16.9. The van der Waals surface area contributed by atoms with Crippen LogP contribution in [0.4, 0.5) is 0 Å². The summed E-state index contributed by atoms with van der Waals surface area (Å²) in [6, 6.07) is 0.562. The van der Waals surface area contributed by atoms with Crippen LogP contribution < -0.4 is 11.5 Å². The van der Waals surface area contributed by atoms with E-state index in [1.54, 1.807) is 0 Å². The Bertz CT molecular complexity index is 393. The van der Waals surface area contributed by atoms with Crippen molar-refractivity contribution in [3.05, 3.63) is 0 Å². The van der Waals surface area contributed by atoms with Gasteiger partial charge in [-0.1, -0.05) is 26.2 Å². The summed E-state index contributed by atoms with van der Waals surface area (Å²) in [5.41, 5.74) is 11.3. The van der Waals surface area contributed by atoms with Crippen molar-refractivity contribution in [3.63, 3.8) is 0 Å². The molecular weight excluding hydrogens is 511 g/mol. The molecule has 0 spiro atoms. The molecule has 8 nitrogen and oxygen atoms in total. The van der Waals surface area contributed by atoms with Crippen molar-refractivity contribution in [2.45, 2.75) is 77.0 Å². The van der Waals surface area contributed by atoms with Crippen LogP contribution in [-0.2, 0) is 40.2 Å². The van der Waals surface area contributed by atoms with Crippen LogP contribution in [0.15, 0.2) is 0 Å². The first-order valence-corrected chi connectivity index (χ1v) is 8.11. The maximum Gasteiger partial charge on any atom is 0.324 e. The number of ketones is 2. The third kappa shape index (κ3) is 9.56. The fourth-order valence-electron chi connectivity index (χ4n) is 2.81. The van der Waals surface area contributed by atoms with Crippen molar-refractivity contribution >= 4 is 17.5 Å². The molecule has 0 radical (unpaired) electrons. The Morgan fingerprint density at radius 2 is 1.60 bits per heavy atom. The summed E-state index contributed by atoms with van der Waals surface area (Å²) in [5, 5.41) is 0. The monoisotopic (exact) mass is 543 g/mol. The molecule has 2 rings (SSSR count). The average Bonchev–Trinajstić information content (AvgIpc) is 2.42. The number of hydrogen-bond acceptors (Lipinski definition) is 6. The van der Waals surface area contributed by atoms with Gasteiger partial charge in [0.2, 0.25) is 0 Å². The van der Waals surface area contributed by atoms with Crippen molar-refractivity contribution in [2.24, 2.45) is 17.4 Å². The first kappa shape index (κ1) is 29.1. The molecule has 2 aliphatic rings. The van der Waals surface area contributed by atoms with Gasteiger partial charge < -0.3 is 27.2 Å². The summed E-state index contributed by atoms with van der Waals surface area (Å²) < 4.78 is 4.99. The molecule has 9 heteroatoms. The standard InChI is InChI=1S/C10H14O4.C6H14N2.2H2O.Pt/c1-3-4-7-5-8(12)9(6(2)11)10(13)14-7;7-5-3-1-2-4-6(5)8;;;/h7,9H,3-5H2,1-2H3;5-6H,1-4,7-8H2;2*1H2;/t;5-,6-;;;/m.1.../s1. The number of cyclic esters (lactones) is 1. The predicted octanol–water partition coefficient (Wildman–Crippen LogP) is -0.561. The maximum absolute atomic E-state index is 11.4. The van der Waals surface area contributed by atoms with Gasteiger partial charge in [-0.05, 0) is 26.2 Å². The minimum absolute atomic E-state index is 0. The second kappa shape index (κ2) is 14.5. The van der Waals surface area contributed by atoms with Gasteiger partial charge in [0.15, 0.2) is 17.5 Å². The van der Waals surface area contributed by atoms with E-state index in [-0.39, 0.29) is 62.4 Å². The summed E-state index contributed by atoms with van der Waals surface area (Å²) in [5.74, 6) is -2.56. The van der Waals surface area contributed by atoms with Crippen molar-refractivity contribution in [3.8, 4) is 0 Å². The number of hydrogen-bond donors (Lipinski definition) is 2. The zero-order valence-corrected chi connectivity index (χ0v) is 17.1. The van der Waals surface area contributed by atoms with Crippen LogP contribution in [0.3, 0.4) is 0 Å². The molecule has 1 saturated carbocycles. The Morgan fingerprint density at radius 1 is 1.12 bits per heavy atom. The van der Waals surface area contributed by atoms with Gasteiger partial charge in [-0.3, -0.25) is 14.4 Å². The zero-order valence-electron chi connectivity index (χ0n) is 14.9. The van der Waals surface area contributed by atoms with Crippen LogP contribution in [0, 0.1) is 5.92 Å². The molecule has 2 unspecified atom stereocenters. The molecule has 0 aromatic carbocycles. The van der Waals surface area contributed by atoms with Crippen LogP contribution in [0.1, 0.15) is 58.8 Å². The number of carbonyl (C=O) groups is 3. The van der Waals surface area contributed by atoms with Crippen LogP contribution in [0.25, 0.3) is 0 Å². The predicted molar refractivity (Wildman–Crippen MR) is 90.2 cm³/mol. The number of ether oxygens (including phenoxy) is 1. The Labute approximate surface area is 163 Å².